The van der Waals surface area contributed by atoms with Crippen molar-refractivity contribution in [2.45, 2.75) is 19.3 Å². The maximum Gasteiger partial charge on any atom is 0.310 e. The molecule has 0 amide bonds. The molecule has 2 aromatic carbocycles. The number of carbonyl (C=O) groups is 1. The number of hydrogen-bond donors (Lipinski definition) is 1. The van der Waals surface area contributed by atoms with E-state index >= 15 is 0 Å². The molecule has 0 saturated carbocycles. The summed E-state index contributed by atoms with van der Waals surface area (Å²) in [6, 6.07) is 18.8. The van der Waals surface area contributed by atoms with Crippen LogP contribution in [0.4, 0.5) is 0 Å². The number of nitrogens with zero attached hydrogens (tertiary/aromatic N) is 1. The molecule has 0 aliphatic carbocycles. The lowest BCUT2D eigenvalue weighted by Crippen LogP contribution is -2.40. The number of fused-ring (bicyclic) bond motifs is 3. The summed E-state index contributed by atoms with van der Waals surface area (Å²) in [5, 5.41) is 1.26. The van der Waals surface area contributed by atoms with Crippen molar-refractivity contribution in [1.82, 2.24) is 9.88 Å². The van der Waals surface area contributed by atoms with E-state index in [1.807, 2.05) is 18.2 Å². The van der Waals surface area contributed by atoms with Crippen LogP contribution in [0.25, 0.3) is 10.9 Å². The highest BCUT2D eigenvalue weighted by Crippen LogP contribution is 2.39. The van der Waals surface area contributed by atoms with Gasteiger partial charge in [0, 0.05) is 35.6 Å². The molecule has 2 heterocycles. The van der Waals surface area contributed by atoms with Crippen LogP contribution in [0, 0.1) is 5.92 Å². The van der Waals surface area contributed by atoms with E-state index < -0.39 is 0 Å². The average molecular weight is 362 g/mol. The number of rotatable bonds is 3. The summed E-state index contributed by atoms with van der Waals surface area (Å²) in [5.74, 6) is -0.436. The van der Waals surface area contributed by atoms with Crippen LogP contribution in [0.15, 0.2) is 54.6 Å². The molecule has 1 aromatic heterocycles. The van der Waals surface area contributed by atoms with E-state index in [9.17, 15) is 4.79 Å². The number of likely N-dealkylation sites (N-methyl/N-ethyl adjacent to an activating group) is 1. The molecule has 1 N–H and O–H groups in total. The monoisotopic (exact) mass is 362 g/mol. The molecule has 27 heavy (non-hydrogen) atoms. The van der Waals surface area contributed by atoms with Gasteiger partial charge >= 0.3 is 5.97 Å². The van der Waals surface area contributed by atoms with Crippen molar-refractivity contribution in [3.63, 3.8) is 0 Å². The number of aromatic nitrogens is 1. The SMILES string of the molecule is CCN1CCc2c([nH]c3ccccc23)[C@H](c2ccccc2)[C@@H](C(=O)OC)C1. The smallest absolute Gasteiger partial charge is 0.310 e. The average Bonchev–Trinajstić information content (AvgIpc) is 3.06. The number of benzene rings is 2. The predicted molar refractivity (Wildman–Crippen MR) is 108 cm³/mol. The van der Waals surface area contributed by atoms with Crippen LogP contribution in [0.3, 0.4) is 0 Å². The molecular formula is C23H26N2O2. The summed E-state index contributed by atoms with van der Waals surface area (Å²) in [6.45, 7) is 4.73. The van der Waals surface area contributed by atoms with Crippen molar-refractivity contribution in [2.24, 2.45) is 5.92 Å². The van der Waals surface area contributed by atoms with E-state index in [0.29, 0.717) is 6.54 Å². The second-order valence-corrected chi connectivity index (χ2v) is 7.22. The second-order valence-electron chi connectivity index (χ2n) is 7.22. The molecular weight excluding hydrogens is 336 g/mol. The zero-order chi connectivity index (χ0) is 18.8. The molecule has 0 radical (unpaired) electrons. The van der Waals surface area contributed by atoms with E-state index in [-0.39, 0.29) is 17.8 Å². The van der Waals surface area contributed by atoms with Gasteiger partial charge in [0.15, 0.2) is 0 Å². The van der Waals surface area contributed by atoms with Gasteiger partial charge in [-0.15, -0.1) is 0 Å². The van der Waals surface area contributed by atoms with E-state index in [0.717, 1.165) is 36.3 Å². The van der Waals surface area contributed by atoms with Crippen LogP contribution >= 0.6 is 0 Å². The lowest BCUT2D eigenvalue weighted by molar-refractivity contribution is -0.146. The summed E-state index contributed by atoms with van der Waals surface area (Å²) in [4.78, 5) is 18.9. The number of ether oxygens (including phenoxy) is 1. The Morgan fingerprint density at radius 2 is 1.89 bits per heavy atom. The fraction of sp³-hybridized carbons (Fsp3) is 0.348. The largest absolute Gasteiger partial charge is 0.469 e. The van der Waals surface area contributed by atoms with Crippen molar-refractivity contribution in [3.05, 3.63) is 71.4 Å². The zero-order valence-corrected chi connectivity index (χ0v) is 15.9. The van der Waals surface area contributed by atoms with Crippen molar-refractivity contribution in [1.29, 1.82) is 0 Å². The summed E-state index contributed by atoms with van der Waals surface area (Å²) in [6.07, 6.45) is 0.977. The van der Waals surface area contributed by atoms with E-state index in [1.165, 1.54) is 18.1 Å². The second kappa shape index (κ2) is 7.57. The van der Waals surface area contributed by atoms with Gasteiger partial charge in [0.1, 0.15) is 0 Å². The Kier molecular flexibility index (Phi) is 4.99. The van der Waals surface area contributed by atoms with Gasteiger partial charge in [0.2, 0.25) is 0 Å². The predicted octanol–water partition coefficient (Wildman–Crippen LogP) is 3.97. The van der Waals surface area contributed by atoms with Gasteiger partial charge in [-0.2, -0.15) is 0 Å². The van der Waals surface area contributed by atoms with Gasteiger partial charge in [-0.05, 0) is 30.2 Å². The van der Waals surface area contributed by atoms with E-state index in [1.54, 1.807) is 0 Å². The molecule has 1 aliphatic heterocycles. The number of esters is 1. The third-order valence-electron chi connectivity index (χ3n) is 5.80. The molecule has 1 aliphatic rings. The number of carbonyl (C=O) groups excluding carboxylic acids is 1. The van der Waals surface area contributed by atoms with Gasteiger partial charge in [0.25, 0.3) is 0 Å². The normalized spacial score (nSPS) is 20.7. The highest BCUT2D eigenvalue weighted by molar-refractivity contribution is 5.86. The van der Waals surface area contributed by atoms with Crippen LogP contribution < -0.4 is 0 Å². The molecule has 4 rings (SSSR count). The lowest BCUT2D eigenvalue weighted by atomic mass is 9.80. The molecule has 0 saturated heterocycles. The molecule has 3 aromatic rings. The summed E-state index contributed by atoms with van der Waals surface area (Å²) in [5.41, 5.74) is 4.77. The lowest BCUT2D eigenvalue weighted by Gasteiger charge is -2.33. The molecule has 0 fully saturated rings. The first-order chi connectivity index (χ1) is 13.2. The maximum absolute atomic E-state index is 12.8. The number of hydrogen-bond acceptors (Lipinski definition) is 3. The first-order valence-electron chi connectivity index (χ1n) is 9.67. The molecule has 0 unspecified atom stereocenters. The minimum atomic E-state index is -0.246. The molecule has 140 valence electrons. The van der Waals surface area contributed by atoms with Crippen molar-refractivity contribution in [3.8, 4) is 0 Å². The van der Waals surface area contributed by atoms with Gasteiger partial charge < -0.3 is 14.6 Å². The fourth-order valence-corrected chi connectivity index (χ4v) is 4.41. The standard InChI is InChI=1S/C23H26N2O2/c1-3-25-14-13-18-17-11-7-8-12-20(17)24-22(18)21(16-9-5-4-6-10-16)19(15-25)23(26)27-2/h4-12,19,21,24H,3,13-15H2,1-2H3/t19-,21+/m0/s1. The van der Waals surface area contributed by atoms with Crippen LogP contribution in [-0.4, -0.2) is 42.6 Å². The molecule has 0 bridgehead atoms. The number of H-pyrrole nitrogens is 1. The highest BCUT2D eigenvalue weighted by Gasteiger charge is 2.37. The Hall–Kier alpha value is -2.59. The Morgan fingerprint density at radius 3 is 2.63 bits per heavy atom. The summed E-state index contributed by atoms with van der Waals surface area (Å²) >= 11 is 0. The van der Waals surface area contributed by atoms with E-state index in [2.05, 4.69) is 53.2 Å². The molecule has 4 heteroatoms. The third kappa shape index (κ3) is 3.26. The molecule has 0 spiro atoms. The Bertz CT molecular complexity index is 932. The van der Waals surface area contributed by atoms with Crippen LogP contribution in [0.1, 0.15) is 29.7 Å². The van der Waals surface area contributed by atoms with E-state index in [4.69, 9.17) is 4.74 Å². The molecule has 4 nitrogen and oxygen atoms in total. The number of methoxy groups -OCH3 is 1. The first-order valence-corrected chi connectivity index (χ1v) is 9.67. The fourth-order valence-electron chi connectivity index (χ4n) is 4.41. The van der Waals surface area contributed by atoms with Crippen molar-refractivity contribution >= 4 is 16.9 Å². The molecule has 2 atom stereocenters. The Labute approximate surface area is 160 Å². The summed E-state index contributed by atoms with van der Waals surface area (Å²) in [7, 11) is 1.49. The third-order valence-corrected chi connectivity index (χ3v) is 5.80. The van der Waals surface area contributed by atoms with Crippen LogP contribution in [0.5, 0.6) is 0 Å². The Morgan fingerprint density at radius 1 is 1.15 bits per heavy atom. The van der Waals surface area contributed by atoms with Crippen molar-refractivity contribution < 1.29 is 9.53 Å². The van der Waals surface area contributed by atoms with Gasteiger partial charge in [-0.25, -0.2) is 0 Å². The summed E-state index contributed by atoms with van der Waals surface area (Å²) < 4.78 is 5.24. The van der Waals surface area contributed by atoms with Crippen molar-refractivity contribution in [2.75, 3.05) is 26.7 Å². The first kappa shape index (κ1) is 17.8. The number of aromatic amines is 1. The highest BCUT2D eigenvalue weighted by atomic mass is 16.5. The number of nitrogens with one attached hydrogen (secondary N) is 1. The zero-order valence-electron chi connectivity index (χ0n) is 15.9. The van der Waals surface area contributed by atoms with Gasteiger partial charge in [-0.1, -0.05) is 55.5 Å². The van der Waals surface area contributed by atoms with Gasteiger partial charge in [-0.3, -0.25) is 4.79 Å². The van der Waals surface area contributed by atoms with Gasteiger partial charge in [0.05, 0.1) is 13.0 Å². The number of para-hydroxylation sites is 1. The minimum absolute atomic E-state index is 0.0459. The Balaban J connectivity index is 1.95. The minimum Gasteiger partial charge on any atom is -0.469 e. The van der Waals surface area contributed by atoms with Crippen LogP contribution in [-0.2, 0) is 16.0 Å². The van der Waals surface area contributed by atoms with Crippen LogP contribution in [0.2, 0.25) is 0 Å². The topological polar surface area (TPSA) is 45.3 Å². The quantitative estimate of drug-likeness (QED) is 0.717. The maximum atomic E-state index is 12.8.